The lowest BCUT2D eigenvalue weighted by molar-refractivity contribution is -0.115. The van der Waals surface area contributed by atoms with Crippen molar-refractivity contribution in [3.8, 4) is 0 Å². The summed E-state index contributed by atoms with van der Waals surface area (Å²) in [6, 6.07) is 7.70. The summed E-state index contributed by atoms with van der Waals surface area (Å²) >= 11 is 6.43. The topological polar surface area (TPSA) is 68.0 Å². The van der Waals surface area contributed by atoms with E-state index in [0.717, 1.165) is 20.0 Å². The van der Waals surface area contributed by atoms with Crippen LogP contribution in [-0.4, -0.2) is 15.9 Å². The van der Waals surface area contributed by atoms with E-state index < -0.39 is 0 Å². The van der Waals surface area contributed by atoms with Crippen LogP contribution in [0.1, 0.15) is 37.0 Å². The second kappa shape index (κ2) is 8.83. The third-order valence-electron chi connectivity index (χ3n) is 3.49. The fraction of sp³-hybridized carbons (Fsp3) is 0.278. The molecule has 26 heavy (non-hydrogen) atoms. The van der Waals surface area contributed by atoms with Crippen molar-refractivity contribution in [1.82, 2.24) is 9.97 Å². The first-order valence-electron chi connectivity index (χ1n) is 8.07. The Morgan fingerprint density at radius 2 is 2.04 bits per heavy atom. The lowest BCUT2D eigenvalue weighted by Crippen LogP contribution is -2.13. The van der Waals surface area contributed by atoms with Gasteiger partial charge in [0.2, 0.25) is 11.8 Å². The van der Waals surface area contributed by atoms with Crippen molar-refractivity contribution in [2.45, 2.75) is 36.1 Å². The smallest absolute Gasteiger partial charge is 0.230 e. The van der Waals surface area contributed by atoms with Crippen LogP contribution >= 0.6 is 39.0 Å². The number of nitrogens with one attached hydrogen (secondary N) is 1. The van der Waals surface area contributed by atoms with E-state index in [1.807, 2.05) is 24.3 Å². The summed E-state index contributed by atoms with van der Waals surface area (Å²) in [6.45, 7) is 4.15. The van der Waals surface area contributed by atoms with E-state index >= 15 is 0 Å². The summed E-state index contributed by atoms with van der Waals surface area (Å²) in [7, 11) is 0. The Kier molecular flexibility index (Phi) is 6.50. The van der Waals surface area contributed by atoms with Crippen molar-refractivity contribution in [1.29, 1.82) is 0 Å². The second-order valence-electron chi connectivity index (χ2n) is 5.94. The van der Waals surface area contributed by atoms with Crippen LogP contribution in [0.15, 0.2) is 49.8 Å². The third-order valence-corrected chi connectivity index (χ3v) is 6.11. The molecule has 0 aliphatic carbocycles. The molecule has 8 heteroatoms. The molecule has 0 fully saturated rings. The minimum atomic E-state index is -0.0764. The highest BCUT2D eigenvalue weighted by Gasteiger charge is 2.11. The molecule has 5 nitrogen and oxygen atoms in total. The maximum Gasteiger partial charge on any atom is 0.230 e. The molecule has 0 saturated carbocycles. The molecule has 0 radical (unpaired) electrons. The Morgan fingerprint density at radius 3 is 2.73 bits per heavy atom. The van der Waals surface area contributed by atoms with Crippen LogP contribution in [-0.2, 0) is 17.0 Å². The SMILES string of the molecule is CC(C)c1cnc(CSc2cnc(NC(=O)Cc3ccc(Br)cc3)s2)o1. The van der Waals surface area contributed by atoms with Crippen molar-refractivity contribution in [2.24, 2.45) is 0 Å². The summed E-state index contributed by atoms with van der Waals surface area (Å²) in [5.41, 5.74) is 0.960. The average molecular weight is 452 g/mol. The number of aromatic nitrogens is 2. The second-order valence-corrected chi connectivity index (χ2v) is 9.16. The van der Waals surface area contributed by atoms with Crippen LogP contribution < -0.4 is 5.32 Å². The zero-order valence-electron chi connectivity index (χ0n) is 14.4. The van der Waals surface area contributed by atoms with Crippen molar-refractivity contribution < 1.29 is 9.21 Å². The first-order valence-corrected chi connectivity index (χ1v) is 10.7. The number of oxazole rings is 1. The summed E-state index contributed by atoms with van der Waals surface area (Å²) in [5, 5.41) is 3.45. The monoisotopic (exact) mass is 451 g/mol. The number of hydrogen-bond donors (Lipinski definition) is 1. The molecule has 0 aliphatic rings. The van der Waals surface area contributed by atoms with Gasteiger partial charge < -0.3 is 9.73 Å². The number of carbonyl (C=O) groups excluding carboxylic acids is 1. The average Bonchev–Trinajstić information content (AvgIpc) is 3.24. The minimum Gasteiger partial charge on any atom is -0.445 e. The molecule has 0 unspecified atom stereocenters. The highest BCUT2D eigenvalue weighted by atomic mass is 79.9. The van der Waals surface area contributed by atoms with Gasteiger partial charge in [-0.05, 0) is 17.7 Å². The quantitative estimate of drug-likeness (QED) is 0.480. The molecule has 1 aromatic carbocycles. The molecule has 1 N–H and O–H groups in total. The van der Waals surface area contributed by atoms with Gasteiger partial charge in [0.15, 0.2) is 5.13 Å². The van der Waals surface area contributed by atoms with Crippen molar-refractivity contribution in [2.75, 3.05) is 5.32 Å². The Balaban J connectivity index is 1.50. The molecule has 2 aromatic heterocycles. The fourth-order valence-corrected chi connectivity index (χ4v) is 4.13. The Labute approximate surface area is 168 Å². The summed E-state index contributed by atoms with van der Waals surface area (Å²) in [4.78, 5) is 20.7. The van der Waals surface area contributed by atoms with Gasteiger partial charge in [-0.15, -0.1) is 11.8 Å². The Bertz CT molecular complexity index is 875. The molecule has 136 valence electrons. The normalized spacial score (nSPS) is 11.1. The van der Waals surface area contributed by atoms with Gasteiger partial charge in [0.1, 0.15) is 5.76 Å². The van der Waals surface area contributed by atoms with Crippen LogP contribution in [0, 0.1) is 0 Å². The number of thiazole rings is 1. The van der Waals surface area contributed by atoms with Gasteiger partial charge in [-0.3, -0.25) is 4.79 Å². The molecule has 0 atom stereocenters. The number of thioether (sulfide) groups is 1. The number of carbonyl (C=O) groups is 1. The van der Waals surface area contributed by atoms with E-state index in [2.05, 4.69) is 45.1 Å². The van der Waals surface area contributed by atoms with E-state index in [1.165, 1.54) is 11.3 Å². The van der Waals surface area contributed by atoms with Gasteiger partial charge in [0.05, 0.1) is 28.8 Å². The number of benzene rings is 1. The molecule has 3 aromatic rings. The third kappa shape index (κ3) is 5.43. The van der Waals surface area contributed by atoms with Gasteiger partial charge in [-0.2, -0.15) is 0 Å². The summed E-state index contributed by atoms with van der Waals surface area (Å²) < 4.78 is 7.69. The zero-order valence-corrected chi connectivity index (χ0v) is 17.6. The van der Waals surface area contributed by atoms with Crippen molar-refractivity contribution >= 4 is 50.1 Å². The summed E-state index contributed by atoms with van der Waals surface area (Å²) in [5.74, 6) is 2.49. The predicted molar refractivity (Wildman–Crippen MR) is 109 cm³/mol. The van der Waals surface area contributed by atoms with E-state index in [0.29, 0.717) is 29.1 Å². The van der Waals surface area contributed by atoms with Crippen molar-refractivity contribution in [3.63, 3.8) is 0 Å². The molecule has 0 bridgehead atoms. The van der Waals surface area contributed by atoms with Crippen LogP contribution in [0.25, 0.3) is 0 Å². The molecular formula is C18H18BrN3O2S2. The fourth-order valence-electron chi connectivity index (χ4n) is 2.13. The Morgan fingerprint density at radius 1 is 1.27 bits per heavy atom. The molecule has 0 saturated heterocycles. The van der Waals surface area contributed by atoms with Crippen LogP contribution in [0.4, 0.5) is 5.13 Å². The largest absolute Gasteiger partial charge is 0.445 e. The van der Waals surface area contributed by atoms with E-state index in [4.69, 9.17) is 4.42 Å². The van der Waals surface area contributed by atoms with E-state index in [-0.39, 0.29) is 5.91 Å². The zero-order chi connectivity index (χ0) is 18.5. The van der Waals surface area contributed by atoms with Gasteiger partial charge in [-0.25, -0.2) is 9.97 Å². The number of amides is 1. The van der Waals surface area contributed by atoms with Crippen molar-refractivity contribution in [3.05, 3.63) is 58.3 Å². The van der Waals surface area contributed by atoms with Gasteiger partial charge in [0.25, 0.3) is 0 Å². The number of halogens is 1. The number of rotatable bonds is 7. The first-order chi connectivity index (χ1) is 12.5. The number of hydrogen-bond acceptors (Lipinski definition) is 6. The molecule has 2 heterocycles. The van der Waals surface area contributed by atoms with Crippen LogP contribution in [0.3, 0.4) is 0 Å². The van der Waals surface area contributed by atoms with E-state index in [9.17, 15) is 4.79 Å². The van der Waals surface area contributed by atoms with Crippen LogP contribution in [0.2, 0.25) is 0 Å². The van der Waals surface area contributed by atoms with Crippen LogP contribution in [0.5, 0.6) is 0 Å². The molecule has 1 amide bonds. The predicted octanol–water partition coefficient (Wildman–Crippen LogP) is 5.49. The maximum atomic E-state index is 12.1. The highest BCUT2D eigenvalue weighted by molar-refractivity contribution is 9.10. The van der Waals surface area contributed by atoms with Gasteiger partial charge in [-0.1, -0.05) is 53.2 Å². The first kappa shape index (κ1) is 19.1. The molecule has 0 spiro atoms. The molecule has 3 rings (SSSR count). The number of anilines is 1. The maximum absolute atomic E-state index is 12.1. The molecular weight excluding hydrogens is 434 g/mol. The van der Waals surface area contributed by atoms with Gasteiger partial charge in [0, 0.05) is 10.4 Å². The van der Waals surface area contributed by atoms with Gasteiger partial charge >= 0.3 is 0 Å². The van der Waals surface area contributed by atoms with E-state index in [1.54, 1.807) is 24.2 Å². The Hall–Kier alpha value is -1.64. The lowest BCUT2D eigenvalue weighted by atomic mass is 10.1. The standard InChI is InChI=1S/C18H18BrN3O2S2/c1-11(2)14-8-20-16(24-14)10-25-17-9-21-18(26-17)22-15(23)7-12-3-5-13(19)6-4-12/h3-6,8-9,11H,7,10H2,1-2H3,(H,21,22,23). The minimum absolute atomic E-state index is 0.0764. The lowest BCUT2D eigenvalue weighted by Gasteiger charge is -2.02. The summed E-state index contributed by atoms with van der Waals surface area (Å²) in [6.07, 6.45) is 3.86. The molecule has 0 aliphatic heterocycles. The number of nitrogens with zero attached hydrogens (tertiary/aromatic N) is 2. The highest BCUT2D eigenvalue weighted by Crippen LogP contribution is 2.31.